The lowest BCUT2D eigenvalue weighted by Crippen LogP contribution is -2.38. The number of hydrogen-bond donors (Lipinski definition) is 1. The number of carbonyl (C=O) groups is 1. The molecule has 0 unspecified atom stereocenters. The van der Waals surface area contributed by atoms with Gasteiger partial charge in [0, 0.05) is 13.6 Å². The molecule has 0 radical (unpaired) electrons. The highest BCUT2D eigenvalue weighted by Gasteiger charge is 2.10. The SMILES string of the molecule is CN(C)CCCN(C)CC(=O)N(C)CCCN. The molecule has 0 bridgehead atoms. The second-order valence-electron chi connectivity index (χ2n) is 4.85. The predicted octanol–water partition coefficient (Wildman–Crippen LogP) is -0.323. The third-order valence-electron chi connectivity index (χ3n) is 2.67. The van der Waals surface area contributed by atoms with E-state index in [0.717, 1.165) is 32.5 Å². The minimum Gasteiger partial charge on any atom is -0.345 e. The standard InChI is InChI=1S/C12H28N4O/c1-14(2)8-6-9-15(3)11-12(17)16(4)10-5-7-13/h5-11,13H2,1-4H3. The van der Waals surface area contributed by atoms with Crippen LogP contribution in [0, 0.1) is 0 Å². The maximum Gasteiger partial charge on any atom is 0.236 e. The van der Waals surface area contributed by atoms with Crippen LogP contribution in [0.5, 0.6) is 0 Å². The molecule has 5 heteroatoms. The first-order valence-corrected chi connectivity index (χ1v) is 6.24. The summed E-state index contributed by atoms with van der Waals surface area (Å²) < 4.78 is 0. The van der Waals surface area contributed by atoms with Crippen LogP contribution in [0.4, 0.5) is 0 Å². The normalized spacial score (nSPS) is 11.2. The van der Waals surface area contributed by atoms with E-state index in [1.807, 2.05) is 14.1 Å². The summed E-state index contributed by atoms with van der Waals surface area (Å²) in [5.74, 6) is 0.172. The van der Waals surface area contributed by atoms with E-state index in [9.17, 15) is 4.79 Å². The molecule has 1 amide bonds. The number of likely N-dealkylation sites (N-methyl/N-ethyl adjacent to an activating group) is 2. The van der Waals surface area contributed by atoms with Crippen molar-refractivity contribution in [2.24, 2.45) is 5.73 Å². The number of nitrogens with zero attached hydrogens (tertiary/aromatic N) is 3. The number of carbonyl (C=O) groups excluding carboxylic acids is 1. The van der Waals surface area contributed by atoms with Crippen molar-refractivity contribution in [3.63, 3.8) is 0 Å². The van der Waals surface area contributed by atoms with Gasteiger partial charge in [0.2, 0.25) is 5.91 Å². The molecular formula is C12H28N4O. The van der Waals surface area contributed by atoms with E-state index in [1.165, 1.54) is 0 Å². The van der Waals surface area contributed by atoms with E-state index in [-0.39, 0.29) is 5.91 Å². The Labute approximate surface area is 106 Å². The van der Waals surface area contributed by atoms with Crippen molar-refractivity contribution < 1.29 is 4.79 Å². The number of nitrogens with two attached hydrogens (primary N) is 1. The largest absolute Gasteiger partial charge is 0.345 e. The summed E-state index contributed by atoms with van der Waals surface area (Å²) in [6.07, 6.45) is 1.95. The van der Waals surface area contributed by atoms with E-state index >= 15 is 0 Å². The van der Waals surface area contributed by atoms with Crippen LogP contribution < -0.4 is 5.73 Å². The third kappa shape index (κ3) is 9.09. The molecule has 0 spiro atoms. The summed E-state index contributed by atoms with van der Waals surface area (Å²) >= 11 is 0. The molecule has 0 rings (SSSR count). The average molecular weight is 244 g/mol. The Morgan fingerprint density at radius 2 is 1.65 bits per heavy atom. The highest BCUT2D eigenvalue weighted by Crippen LogP contribution is 1.93. The lowest BCUT2D eigenvalue weighted by Gasteiger charge is -2.22. The van der Waals surface area contributed by atoms with Crippen LogP contribution >= 0.6 is 0 Å². The highest BCUT2D eigenvalue weighted by atomic mass is 16.2. The molecule has 17 heavy (non-hydrogen) atoms. The monoisotopic (exact) mass is 244 g/mol. The van der Waals surface area contributed by atoms with Crippen molar-refractivity contribution in [2.45, 2.75) is 12.8 Å². The van der Waals surface area contributed by atoms with Gasteiger partial charge in [0.25, 0.3) is 0 Å². The fraction of sp³-hybridized carbons (Fsp3) is 0.917. The minimum absolute atomic E-state index is 0.172. The molecule has 0 fully saturated rings. The fourth-order valence-electron chi connectivity index (χ4n) is 1.54. The van der Waals surface area contributed by atoms with Crippen LogP contribution in [0.3, 0.4) is 0 Å². The topological polar surface area (TPSA) is 52.8 Å². The first kappa shape index (κ1) is 16.4. The van der Waals surface area contributed by atoms with Gasteiger partial charge in [-0.05, 0) is 53.6 Å². The van der Waals surface area contributed by atoms with Crippen LogP contribution in [0.2, 0.25) is 0 Å². The zero-order valence-electron chi connectivity index (χ0n) is 11.8. The van der Waals surface area contributed by atoms with Gasteiger partial charge in [-0.25, -0.2) is 0 Å². The minimum atomic E-state index is 0.172. The molecule has 102 valence electrons. The molecule has 0 saturated heterocycles. The second kappa shape index (κ2) is 9.39. The summed E-state index contributed by atoms with van der Waals surface area (Å²) in [4.78, 5) is 17.8. The number of rotatable bonds is 9. The number of amides is 1. The summed E-state index contributed by atoms with van der Waals surface area (Å²) in [5, 5.41) is 0. The van der Waals surface area contributed by atoms with Crippen molar-refractivity contribution in [1.82, 2.24) is 14.7 Å². The molecule has 0 heterocycles. The highest BCUT2D eigenvalue weighted by molar-refractivity contribution is 5.77. The molecule has 2 N–H and O–H groups in total. The van der Waals surface area contributed by atoms with Gasteiger partial charge in [-0.15, -0.1) is 0 Å². The van der Waals surface area contributed by atoms with Crippen molar-refractivity contribution in [1.29, 1.82) is 0 Å². The molecule has 0 aromatic heterocycles. The van der Waals surface area contributed by atoms with Crippen LogP contribution in [-0.4, -0.2) is 81.5 Å². The molecule has 0 aliphatic heterocycles. The second-order valence-corrected chi connectivity index (χ2v) is 4.85. The van der Waals surface area contributed by atoms with Gasteiger partial charge in [0.15, 0.2) is 0 Å². The summed E-state index contributed by atoms with van der Waals surface area (Å²) in [7, 11) is 7.95. The zero-order chi connectivity index (χ0) is 13.3. The Morgan fingerprint density at radius 1 is 1.00 bits per heavy atom. The van der Waals surface area contributed by atoms with E-state index in [0.29, 0.717) is 13.1 Å². The summed E-state index contributed by atoms with van der Waals surface area (Å²) in [6.45, 7) is 3.89. The number of hydrogen-bond acceptors (Lipinski definition) is 4. The van der Waals surface area contributed by atoms with Crippen LogP contribution in [0.15, 0.2) is 0 Å². The smallest absolute Gasteiger partial charge is 0.236 e. The van der Waals surface area contributed by atoms with Gasteiger partial charge in [0.1, 0.15) is 0 Å². The van der Waals surface area contributed by atoms with E-state index < -0.39 is 0 Å². The first-order chi connectivity index (χ1) is 7.97. The van der Waals surface area contributed by atoms with Gasteiger partial charge in [-0.1, -0.05) is 0 Å². The van der Waals surface area contributed by atoms with Gasteiger partial charge in [0.05, 0.1) is 6.54 Å². The third-order valence-corrected chi connectivity index (χ3v) is 2.67. The van der Waals surface area contributed by atoms with E-state index in [4.69, 9.17) is 5.73 Å². The van der Waals surface area contributed by atoms with Gasteiger partial charge in [-0.2, -0.15) is 0 Å². The maximum absolute atomic E-state index is 11.8. The first-order valence-electron chi connectivity index (χ1n) is 6.24. The van der Waals surface area contributed by atoms with Gasteiger partial charge >= 0.3 is 0 Å². The molecule has 0 aromatic carbocycles. The van der Waals surface area contributed by atoms with Crippen molar-refractivity contribution in [3.05, 3.63) is 0 Å². The molecule has 0 aliphatic rings. The van der Waals surface area contributed by atoms with Gasteiger partial charge in [-0.3, -0.25) is 9.69 Å². The van der Waals surface area contributed by atoms with Gasteiger partial charge < -0.3 is 15.5 Å². The summed E-state index contributed by atoms with van der Waals surface area (Å²) in [5.41, 5.74) is 5.42. The Kier molecular flexibility index (Phi) is 9.03. The van der Waals surface area contributed by atoms with Crippen LogP contribution in [0.1, 0.15) is 12.8 Å². The molecular weight excluding hydrogens is 216 g/mol. The van der Waals surface area contributed by atoms with Crippen LogP contribution in [0.25, 0.3) is 0 Å². The predicted molar refractivity (Wildman–Crippen MR) is 72.0 cm³/mol. The molecule has 0 saturated carbocycles. The van der Waals surface area contributed by atoms with Crippen molar-refractivity contribution >= 4 is 5.91 Å². The summed E-state index contributed by atoms with van der Waals surface area (Å²) in [6, 6.07) is 0. The van der Waals surface area contributed by atoms with E-state index in [2.05, 4.69) is 23.9 Å². The Balaban J connectivity index is 3.71. The maximum atomic E-state index is 11.8. The van der Waals surface area contributed by atoms with Crippen molar-refractivity contribution in [3.8, 4) is 0 Å². The molecule has 0 atom stereocenters. The molecule has 0 aliphatic carbocycles. The molecule has 0 aromatic rings. The molecule has 5 nitrogen and oxygen atoms in total. The Hall–Kier alpha value is -0.650. The lowest BCUT2D eigenvalue weighted by molar-refractivity contribution is -0.130. The average Bonchev–Trinajstić information content (AvgIpc) is 2.25. The van der Waals surface area contributed by atoms with E-state index in [1.54, 1.807) is 4.90 Å². The quantitative estimate of drug-likeness (QED) is 0.604. The van der Waals surface area contributed by atoms with Crippen molar-refractivity contribution in [2.75, 3.05) is 60.9 Å². The lowest BCUT2D eigenvalue weighted by atomic mass is 10.3. The van der Waals surface area contributed by atoms with Crippen LogP contribution in [-0.2, 0) is 4.79 Å². The Bertz CT molecular complexity index is 209. The Morgan fingerprint density at radius 3 is 2.18 bits per heavy atom. The fourth-order valence-corrected chi connectivity index (χ4v) is 1.54. The zero-order valence-corrected chi connectivity index (χ0v) is 11.8.